The van der Waals surface area contributed by atoms with Crippen LogP contribution in [0.2, 0.25) is 0 Å². The molecule has 0 bridgehead atoms. The van der Waals surface area contributed by atoms with Crippen molar-refractivity contribution in [3.8, 4) is 0 Å². The number of methoxy groups -OCH3 is 1. The molecule has 0 heterocycles. The van der Waals surface area contributed by atoms with Gasteiger partial charge in [0.05, 0.1) is 30.3 Å². The van der Waals surface area contributed by atoms with Crippen LogP contribution in [0.4, 0.5) is 20.2 Å². The summed E-state index contributed by atoms with van der Waals surface area (Å²) in [5.41, 5.74) is -0.985. The number of anilines is 1. The average molecular weight is 290 g/mol. The largest absolute Gasteiger partial charge is 0.382 e. The molecular weight excluding hydrogens is 274 g/mol. The van der Waals surface area contributed by atoms with Gasteiger partial charge in [0.15, 0.2) is 11.6 Å². The predicted molar refractivity (Wildman–Crippen MR) is 68.8 cm³/mol. The van der Waals surface area contributed by atoms with Crippen molar-refractivity contribution in [2.75, 3.05) is 38.8 Å². The van der Waals surface area contributed by atoms with E-state index >= 15 is 0 Å². The highest BCUT2D eigenvalue weighted by atomic mass is 19.1. The van der Waals surface area contributed by atoms with Crippen molar-refractivity contribution in [1.29, 1.82) is 0 Å². The van der Waals surface area contributed by atoms with E-state index in [-0.39, 0.29) is 5.69 Å². The Balaban J connectivity index is 2.42. The fraction of sp³-hybridized carbons (Fsp3) is 0.500. The molecule has 112 valence electrons. The maximum absolute atomic E-state index is 13.5. The van der Waals surface area contributed by atoms with E-state index in [4.69, 9.17) is 9.47 Å². The second-order valence-corrected chi connectivity index (χ2v) is 3.93. The van der Waals surface area contributed by atoms with E-state index in [0.717, 1.165) is 0 Å². The summed E-state index contributed by atoms with van der Waals surface area (Å²) in [5, 5.41) is 13.0. The van der Waals surface area contributed by atoms with Crippen LogP contribution in [0.3, 0.4) is 0 Å². The Kier molecular flexibility index (Phi) is 6.82. The highest BCUT2D eigenvalue weighted by Crippen LogP contribution is 2.24. The standard InChI is InChI=1S/C12H16F2N2O4/c1-19-5-6-20-4-2-3-15-12-10(13)7-9(16(17)18)8-11(12)14/h7-8,15H,2-6H2,1H3. The first-order valence-electron chi connectivity index (χ1n) is 6.00. The average Bonchev–Trinajstić information content (AvgIpc) is 2.40. The zero-order valence-electron chi connectivity index (χ0n) is 11.0. The first kappa shape index (κ1) is 16.3. The molecule has 0 fully saturated rings. The molecule has 0 saturated heterocycles. The fourth-order valence-electron chi connectivity index (χ4n) is 1.47. The number of ether oxygens (including phenoxy) is 2. The molecule has 1 aromatic carbocycles. The number of nitro benzene ring substituents is 1. The molecule has 0 aromatic heterocycles. The van der Waals surface area contributed by atoms with Gasteiger partial charge < -0.3 is 14.8 Å². The molecule has 6 nitrogen and oxygen atoms in total. The third-order valence-corrected chi connectivity index (χ3v) is 2.44. The van der Waals surface area contributed by atoms with Crippen molar-refractivity contribution >= 4 is 11.4 Å². The quantitative estimate of drug-likeness (QED) is 0.429. The van der Waals surface area contributed by atoms with E-state index in [1.54, 1.807) is 7.11 Å². The summed E-state index contributed by atoms with van der Waals surface area (Å²) >= 11 is 0. The summed E-state index contributed by atoms with van der Waals surface area (Å²) < 4.78 is 37.0. The van der Waals surface area contributed by atoms with Gasteiger partial charge in [0.1, 0.15) is 5.69 Å². The lowest BCUT2D eigenvalue weighted by molar-refractivity contribution is -0.385. The van der Waals surface area contributed by atoms with Crippen LogP contribution >= 0.6 is 0 Å². The molecule has 0 aliphatic rings. The van der Waals surface area contributed by atoms with Crippen LogP contribution in [0.15, 0.2) is 12.1 Å². The number of non-ortho nitro benzene ring substituents is 1. The Morgan fingerprint density at radius 3 is 2.45 bits per heavy atom. The zero-order chi connectivity index (χ0) is 15.0. The molecule has 1 rings (SSSR count). The molecule has 0 saturated carbocycles. The van der Waals surface area contributed by atoms with Gasteiger partial charge in [0, 0.05) is 20.3 Å². The van der Waals surface area contributed by atoms with E-state index in [9.17, 15) is 18.9 Å². The molecule has 0 aliphatic heterocycles. The minimum atomic E-state index is -0.989. The number of nitrogens with one attached hydrogen (secondary N) is 1. The summed E-state index contributed by atoms with van der Waals surface area (Å²) in [6.45, 7) is 1.65. The predicted octanol–water partition coefficient (Wildman–Crippen LogP) is 2.34. The Hall–Kier alpha value is -1.80. The van der Waals surface area contributed by atoms with Crippen LogP contribution in [0, 0.1) is 21.7 Å². The van der Waals surface area contributed by atoms with E-state index < -0.39 is 22.2 Å². The highest BCUT2D eigenvalue weighted by Gasteiger charge is 2.16. The third-order valence-electron chi connectivity index (χ3n) is 2.44. The second kappa shape index (κ2) is 8.39. The van der Waals surface area contributed by atoms with Crippen LogP contribution in [0.1, 0.15) is 6.42 Å². The van der Waals surface area contributed by atoms with E-state index in [1.165, 1.54) is 0 Å². The molecule has 0 unspecified atom stereocenters. The van der Waals surface area contributed by atoms with Gasteiger partial charge in [-0.15, -0.1) is 0 Å². The molecule has 1 aromatic rings. The lowest BCUT2D eigenvalue weighted by Crippen LogP contribution is -2.10. The van der Waals surface area contributed by atoms with Gasteiger partial charge in [-0.05, 0) is 6.42 Å². The first-order chi connectivity index (χ1) is 9.56. The van der Waals surface area contributed by atoms with Crippen molar-refractivity contribution in [2.24, 2.45) is 0 Å². The molecule has 0 radical (unpaired) electrons. The van der Waals surface area contributed by atoms with Crippen LogP contribution in [-0.2, 0) is 9.47 Å². The van der Waals surface area contributed by atoms with Gasteiger partial charge in [0.2, 0.25) is 0 Å². The topological polar surface area (TPSA) is 73.6 Å². The van der Waals surface area contributed by atoms with Gasteiger partial charge in [-0.25, -0.2) is 8.78 Å². The van der Waals surface area contributed by atoms with Gasteiger partial charge in [-0.2, -0.15) is 0 Å². The molecule has 1 N–H and O–H groups in total. The number of hydrogen-bond donors (Lipinski definition) is 1. The molecule has 0 aliphatic carbocycles. The monoisotopic (exact) mass is 290 g/mol. The van der Waals surface area contributed by atoms with Crippen molar-refractivity contribution in [3.63, 3.8) is 0 Å². The smallest absolute Gasteiger partial charge is 0.275 e. The number of halogens is 2. The van der Waals surface area contributed by atoms with Gasteiger partial charge in [-0.3, -0.25) is 10.1 Å². The molecule has 0 amide bonds. The summed E-state index contributed by atoms with van der Waals surface area (Å²) in [6.07, 6.45) is 0.541. The van der Waals surface area contributed by atoms with Crippen molar-refractivity contribution in [1.82, 2.24) is 0 Å². The van der Waals surface area contributed by atoms with Gasteiger partial charge in [-0.1, -0.05) is 0 Å². The van der Waals surface area contributed by atoms with E-state index in [1.807, 2.05) is 0 Å². The number of nitrogens with zero attached hydrogens (tertiary/aromatic N) is 1. The molecule has 8 heteroatoms. The molecule has 0 spiro atoms. The zero-order valence-corrected chi connectivity index (χ0v) is 11.0. The first-order valence-corrected chi connectivity index (χ1v) is 6.00. The van der Waals surface area contributed by atoms with Crippen molar-refractivity contribution < 1.29 is 23.2 Å². The van der Waals surface area contributed by atoms with Crippen LogP contribution < -0.4 is 5.32 Å². The van der Waals surface area contributed by atoms with Gasteiger partial charge >= 0.3 is 0 Å². The second-order valence-electron chi connectivity index (χ2n) is 3.93. The number of nitro groups is 1. The third kappa shape index (κ3) is 5.06. The Labute approximate surface area is 114 Å². The summed E-state index contributed by atoms with van der Waals surface area (Å²) in [4.78, 5) is 9.58. The number of benzene rings is 1. The number of rotatable bonds is 9. The maximum Gasteiger partial charge on any atom is 0.275 e. The SMILES string of the molecule is COCCOCCCNc1c(F)cc([N+](=O)[O-])cc1F. The van der Waals surface area contributed by atoms with Crippen LogP contribution in [-0.4, -0.2) is 38.4 Å². The highest BCUT2D eigenvalue weighted by molar-refractivity contribution is 5.51. The minimum absolute atomic E-state index is 0.290. The van der Waals surface area contributed by atoms with Crippen molar-refractivity contribution in [2.45, 2.75) is 6.42 Å². The van der Waals surface area contributed by atoms with Gasteiger partial charge in [0.25, 0.3) is 5.69 Å². The maximum atomic E-state index is 13.5. The number of hydrogen-bond acceptors (Lipinski definition) is 5. The molecular formula is C12H16F2N2O4. The normalized spacial score (nSPS) is 10.6. The summed E-state index contributed by atoms with van der Waals surface area (Å²) in [5.74, 6) is -1.98. The van der Waals surface area contributed by atoms with Crippen LogP contribution in [0.25, 0.3) is 0 Å². The molecule has 20 heavy (non-hydrogen) atoms. The Bertz CT molecular complexity index is 434. The minimum Gasteiger partial charge on any atom is -0.382 e. The van der Waals surface area contributed by atoms with E-state index in [2.05, 4.69) is 5.32 Å². The Morgan fingerprint density at radius 1 is 1.25 bits per heavy atom. The lowest BCUT2D eigenvalue weighted by Gasteiger charge is -2.09. The van der Waals surface area contributed by atoms with E-state index in [0.29, 0.717) is 44.9 Å². The van der Waals surface area contributed by atoms with Crippen molar-refractivity contribution in [3.05, 3.63) is 33.9 Å². The van der Waals surface area contributed by atoms with Crippen LogP contribution in [0.5, 0.6) is 0 Å². The summed E-state index contributed by atoms with van der Waals surface area (Å²) in [6, 6.07) is 1.36. The fourth-order valence-corrected chi connectivity index (χ4v) is 1.47. The molecule has 0 atom stereocenters. The lowest BCUT2D eigenvalue weighted by atomic mass is 10.2. The summed E-state index contributed by atoms with van der Waals surface area (Å²) in [7, 11) is 1.56. The Morgan fingerprint density at radius 2 is 1.90 bits per heavy atom.